The fourth-order valence-corrected chi connectivity index (χ4v) is 7.71. The van der Waals surface area contributed by atoms with Gasteiger partial charge >= 0.3 is 0 Å². The van der Waals surface area contributed by atoms with Crippen molar-refractivity contribution in [3.63, 3.8) is 0 Å². The Morgan fingerprint density at radius 2 is 1.66 bits per heavy atom. The smallest absolute Gasteiger partial charge is 0.262 e. The number of piperidine rings is 1. The average molecular weight is 849 g/mol. The number of rotatable bonds is 17. The van der Waals surface area contributed by atoms with Gasteiger partial charge in [0.2, 0.25) is 17.7 Å². The van der Waals surface area contributed by atoms with Gasteiger partial charge in [-0.1, -0.05) is 18.2 Å². The van der Waals surface area contributed by atoms with Crippen LogP contribution in [0.5, 0.6) is 5.75 Å². The maximum Gasteiger partial charge on any atom is 0.262 e. The number of ether oxygens (including phenoxy) is 3. The number of carbonyl (C=O) groups is 5. The van der Waals surface area contributed by atoms with Crippen LogP contribution in [0.15, 0.2) is 66.9 Å². The number of imide groups is 2. The van der Waals surface area contributed by atoms with Crippen molar-refractivity contribution in [1.29, 1.82) is 0 Å². The van der Waals surface area contributed by atoms with Gasteiger partial charge in [0.15, 0.2) is 5.82 Å². The zero-order chi connectivity index (χ0) is 43.2. The number of fused-ring (bicyclic) bond motifs is 2. The van der Waals surface area contributed by atoms with Crippen molar-refractivity contribution in [3.05, 3.63) is 83.8 Å². The predicted molar refractivity (Wildman–Crippen MR) is 224 cm³/mol. The molecule has 4 N–H and O–H groups in total. The topological polar surface area (TPSA) is 213 Å². The minimum atomic E-state index is -1.01. The fraction of sp³-hybridized carbons (Fsp3) is 0.349. The third kappa shape index (κ3) is 9.09. The van der Waals surface area contributed by atoms with E-state index < -0.39 is 35.5 Å². The third-order valence-corrected chi connectivity index (χ3v) is 10.9. The minimum absolute atomic E-state index is 0.0604. The molecule has 322 valence electrons. The molecule has 2 aromatic heterocycles. The van der Waals surface area contributed by atoms with Crippen molar-refractivity contribution < 1.29 is 42.6 Å². The number of hydrogen-bond donors (Lipinski definition) is 4. The van der Waals surface area contributed by atoms with E-state index in [2.05, 4.69) is 45.9 Å². The number of nitrogens with zero attached hydrogens (tertiary/aromatic N) is 6. The number of carbonyl (C=O) groups excluding carboxylic acids is 5. The summed E-state index contributed by atoms with van der Waals surface area (Å²) in [6, 6.07) is 16.4. The normalized spacial score (nSPS) is 16.8. The first-order valence-corrected chi connectivity index (χ1v) is 20.3. The number of methoxy groups -OCH3 is 1. The first kappa shape index (κ1) is 41.9. The van der Waals surface area contributed by atoms with E-state index >= 15 is 0 Å². The molecular formula is C43H45FN10O8. The first-order valence-electron chi connectivity index (χ1n) is 20.3. The largest absolute Gasteiger partial charge is 0.496 e. The van der Waals surface area contributed by atoms with Crippen LogP contribution in [0.1, 0.15) is 33.6 Å². The quantitative estimate of drug-likeness (QED) is 0.0783. The lowest BCUT2D eigenvalue weighted by molar-refractivity contribution is -0.136. The van der Waals surface area contributed by atoms with Gasteiger partial charge in [-0.25, -0.2) is 14.4 Å². The number of aromatic nitrogens is 4. The summed E-state index contributed by atoms with van der Waals surface area (Å²) in [5.74, 6) is -2.18. The number of benzene rings is 3. The lowest BCUT2D eigenvalue weighted by Crippen LogP contribution is -2.54. The minimum Gasteiger partial charge on any atom is -0.496 e. The summed E-state index contributed by atoms with van der Waals surface area (Å²) in [7, 11) is 1.48. The Balaban J connectivity index is 0.695. The molecule has 2 fully saturated rings. The van der Waals surface area contributed by atoms with Crippen LogP contribution in [0.4, 0.5) is 15.8 Å². The van der Waals surface area contributed by atoms with Gasteiger partial charge in [-0.3, -0.25) is 44.2 Å². The molecule has 3 aromatic carbocycles. The van der Waals surface area contributed by atoms with Crippen LogP contribution in [0.2, 0.25) is 0 Å². The maximum atomic E-state index is 14.8. The fourth-order valence-electron chi connectivity index (χ4n) is 7.71. The SMILES string of the molecule is COc1cccc(F)c1-c1ncc2[nH]nc(-c3ccc(N4CCN(CC(=O)NCCOCCOCCNc5ccc6c(c5)C(=O)N(C5CCC(=O)NC5=O)C6=O)CC4)cc3)c2n1. The summed E-state index contributed by atoms with van der Waals surface area (Å²) in [6.07, 6.45) is 1.75. The number of nitrogens with one attached hydrogen (secondary N) is 4. The van der Waals surface area contributed by atoms with Gasteiger partial charge in [0, 0.05) is 62.6 Å². The average Bonchev–Trinajstić information content (AvgIpc) is 3.81. The standard InChI is InChI=1S/C43H45FN10O8/c1-60-34-4-2-3-31(44)37(34)40-47-24-32-39(49-40)38(51-50-32)26-5-8-28(9-6-26)53-17-15-52(16-18-53)25-36(56)46-14-20-62-22-21-61-19-13-45-27-7-10-29-30(23-27)43(59)54(42(29)58)33-11-12-35(55)48-41(33)57/h2-10,23-24,33,45H,11-22,25H2,1H3,(H,46,56)(H,50,51)(H,48,55,57). The van der Waals surface area contributed by atoms with Gasteiger partial charge < -0.3 is 29.7 Å². The molecule has 0 radical (unpaired) electrons. The second-order valence-corrected chi connectivity index (χ2v) is 14.9. The molecule has 5 aromatic rings. The van der Waals surface area contributed by atoms with E-state index in [4.69, 9.17) is 14.2 Å². The number of amides is 5. The number of anilines is 2. The van der Waals surface area contributed by atoms with Crippen LogP contribution in [-0.2, 0) is 23.9 Å². The van der Waals surface area contributed by atoms with Crippen LogP contribution in [0.3, 0.4) is 0 Å². The lowest BCUT2D eigenvalue weighted by atomic mass is 10.0. The molecule has 19 heteroatoms. The van der Waals surface area contributed by atoms with Gasteiger partial charge in [0.25, 0.3) is 11.8 Å². The van der Waals surface area contributed by atoms with Gasteiger partial charge in [-0.15, -0.1) is 0 Å². The predicted octanol–water partition coefficient (Wildman–Crippen LogP) is 2.62. The molecular weight excluding hydrogens is 804 g/mol. The number of hydrogen-bond acceptors (Lipinski definition) is 14. The molecule has 5 amide bonds. The number of H-pyrrole nitrogens is 1. The number of halogens is 1. The third-order valence-electron chi connectivity index (χ3n) is 10.9. The Hall–Kier alpha value is -6.83. The van der Waals surface area contributed by atoms with Crippen molar-refractivity contribution in [2.75, 3.05) is 89.6 Å². The second-order valence-electron chi connectivity index (χ2n) is 14.9. The lowest BCUT2D eigenvalue weighted by Gasteiger charge is -2.35. The highest BCUT2D eigenvalue weighted by atomic mass is 19.1. The van der Waals surface area contributed by atoms with Crippen molar-refractivity contribution in [3.8, 4) is 28.4 Å². The van der Waals surface area contributed by atoms with Gasteiger partial charge in [-0.2, -0.15) is 5.10 Å². The second kappa shape index (κ2) is 18.8. The zero-order valence-electron chi connectivity index (χ0n) is 33.9. The van der Waals surface area contributed by atoms with Gasteiger partial charge in [-0.05, 0) is 48.9 Å². The van der Waals surface area contributed by atoms with Crippen LogP contribution in [0, 0.1) is 5.82 Å². The summed E-state index contributed by atoms with van der Waals surface area (Å²) < 4.78 is 31.4. The monoisotopic (exact) mass is 848 g/mol. The molecule has 0 saturated carbocycles. The highest BCUT2D eigenvalue weighted by molar-refractivity contribution is 6.23. The summed E-state index contributed by atoms with van der Waals surface area (Å²) in [4.78, 5) is 76.7. The summed E-state index contributed by atoms with van der Waals surface area (Å²) >= 11 is 0. The molecule has 3 aliphatic rings. The molecule has 3 aliphatic heterocycles. The van der Waals surface area contributed by atoms with E-state index in [9.17, 15) is 28.4 Å². The molecule has 0 bridgehead atoms. The molecule has 5 heterocycles. The van der Waals surface area contributed by atoms with Crippen molar-refractivity contribution >= 4 is 51.9 Å². The van der Waals surface area contributed by atoms with Crippen molar-refractivity contribution in [1.82, 2.24) is 40.6 Å². The zero-order valence-corrected chi connectivity index (χ0v) is 33.9. The summed E-state index contributed by atoms with van der Waals surface area (Å²) in [6.45, 7) is 5.50. The van der Waals surface area contributed by atoms with Gasteiger partial charge in [0.1, 0.15) is 34.3 Å². The molecule has 0 spiro atoms. The molecule has 2 saturated heterocycles. The number of aromatic amines is 1. The van der Waals surface area contributed by atoms with Crippen LogP contribution < -0.4 is 25.6 Å². The van der Waals surface area contributed by atoms with E-state index in [0.717, 1.165) is 42.3 Å². The Labute approximate surface area is 355 Å². The van der Waals surface area contributed by atoms with E-state index in [1.807, 2.05) is 24.3 Å². The Morgan fingerprint density at radius 1 is 0.903 bits per heavy atom. The molecule has 62 heavy (non-hydrogen) atoms. The molecule has 1 atom stereocenters. The van der Waals surface area contributed by atoms with Crippen molar-refractivity contribution in [2.45, 2.75) is 18.9 Å². The molecule has 8 rings (SSSR count). The Morgan fingerprint density at radius 3 is 2.42 bits per heavy atom. The van der Waals surface area contributed by atoms with Crippen LogP contribution >= 0.6 is 0 Å². The van der Waals surface area contributed by atoms with Crippen LogP contribution in [0.25, 0.3) is 33.7 Å². The Kier molecular flexibility index (Phi) is 12.7. The summed E-state index contributed by atoms with van der Waals surface area (Å²) in [5, 5.41) is 15.7. The Bertz CT molecular complexity index is 2490. The van der Waals surface area contributed by atoms with E-state index in [1.54, 1.807) is 36.5 Å². The molecule has 0 aliphatic carbocycles. The molecule has 1 unspecified atom stereocenters. The van der Waals surface area contributed by atoms with E-state index in [1.165, 1.54) is 13.2 Å². The number of piperazine rings is 1. The summed E-state index contributed by atoms with van der Waals surface area (Å²) in [5.41, 5.74) is 4.96. The first-order chi connectivity index (χ1) is 30.2. The van der Waals surface area contributed by atoms with E-state index in [-0.39, 0.29) is 41.3 Å². The molecule has 18 nitrogen and oxygen atoms in total. The highest BCUT2D eigenvalue weighted by Gasteiger charge is 2.44. The highest BCUT2D eigenvalue weighted by Crippen LogP contribution is 2.34. The maximum absolute atomic E-state index is 14.8. The van der Waals surface area contributed by atoms with Crippen LogP contribution in [-0.4, -0.2) is 145 Å². The van der Waals surface area contributed by atoms with E-state index in [0.29, 0.717) is 74.2 Å². The van der Waals surface area contributed by atoms with Gasteiger partial charge in [0.05, 0.1) is 63.0 Å². The van der Waals surface area contributed by atoms with Crippen molar-refractivity contribution in [2.24, 2.45) is 0 Å².